The zero-order chi connectivity index (χ0) is 13.7. The minimum absolute atomic E-state index is 0.0965. The van der Waals surface area contributed by atoms with E-state index < -0.39 is 5.97 Å². The number of anilines is 1. The molecule has 2 aromatic rings. The van der Waals surface area contributed by atoms with E-state index in [1.165, 1.54) is 6.07 Å². The highest BCUT2D eigenvalue weighted by atomic mass is 16.5. The van der Waals surface area contributed by atoms with Gasteiger partial charge in [-0.25, -0.2) is 9.78 Å². The Morgan fingerprint density at radius 1 is 1.47 bits per heavy atom. The molecule has 0 unspecified atom stereocenters. The van der Waals surface area contributed by atoms with Crippen LogP contribution in [0.4, 0.5) is 5.95 Å². The number of rotatable bonds is 6. The van der Waals surface area contributed by atoms with Crippen LogP contribution in [0.15, 0.2) is 28.8 Å². The van der Waals surface area contributed by atoms with Gasteiger partial charge in [-0.1, -0.05) is 0 Å². The molecule has 0 radical (unpaired) electrons. The third kappa shape index (κ3) is 3.44. The molecule has 7 nitrogen and oxygen atoms in total. The molecule has 100 valence electrons. The summed E-state index contributed by atoms with van der Waals surface area (Å²) in [4.78, 5) is 18.8. The van der Waals surface area contributed by atoms with Crippen LogP contribution in [0.1, 0.15) is 23.2 Å². The Bertz CT molecular complexity index is 568. The number of nitrogens with one attached hydrogen (secondary N) is 1. The molecule has 0 aliphatic heterocycles. The van der Waals surface area contributed by atoms with Gasteiger partial charge in [0.05, 0.1) is 13.2 Å². The highest BCUT2D eigenvalue weighted by Gasteiger charge is 2.09. The number of nitrogens with zero attached hydrogens (tertiary/aromatic N) is 2. The zero-order valence-electron chi connectivity index (χ0n) is 10.3. The van der Waals surface area contributed by atoms with Gasteiger partial charge in [0.15, 0.2) is 0 Å². The second kappa shape index (κ2) is 5.85. The lowest BCUT2D eigenvalue weighted by Crippen LogP contribution is -2.04. The van der Waals surface area contributed by atoms with Gasteiger partial charge in [0.1, 0.15) is 5.76 Å². The average molecular weight is 263 g/mol. The quantitative estimate of drug-likeness (QED) is 0.819. The number of carbonyl (C=O) groups is 1. The number of aromatic nitrogens is 2. The van der Waals surface area contributed by atoms with Crippen LogP contribution in [0.3, 0.4) is 0 Å². The number of ether oxygens (including phenoxy) is 1. The molecule has 0 aromatic carbocycles. The average Bonchev–Trinajstić information content (AvgIpc) is 2.86. The first-order valence-electron chi connectivity index (χ1n) is 5.70. The summed E-state index contributed by atoms with van der Waals surface area (Å²) in [5.74, 6) is 0.161. The Hall–Kier alpha value is -2.57. The summed E-state index contributed by atoms with van der Waals surface area (Å²) < 4.78 is 10.3. The first-order chi connectivity index (χ1) is 9.19. The molecule has 7 heteroatoms. The van der Waals surface area contributed by atoms with Crippen LogP contribution in [0, 0.1) is 0 Å². The summed E-state index contributed by atoms with van der Waals surface area (Å²) in [6.07, 6.45) is 1.57. The van der Waals surface area contributed by atoms with Crippen molar-refractivity contribution in [3.63, 3.8) is 0 Å². The van der Waals surface area contributed by atoms with Crippen molar-refractivity contribution in [2.45, 2.75) is 13.5 Å². The Balaban J connectivity index is 1.97. The predicted octanol–water partition coefficient (Wildman–Crippen LogP) is 1.78. The molecule has 0 atom stereocenters. The van der Waals surface area contributed by atoms with E-state index in [1.807, 2.05) is 6.92 Å². The fraction of sp³-hybridized carbons (Fsp3) is 0.250. The van der Waals surface area contributed by atoms with Crippen molar-refractivity contribution in [2.75, 3.05) is 11.9 Å². The Morgan fingerprint density at radius 3 is 3.00 bits per heavy atom. The van der Waals surface area contributed by atoms with Crippen LogP contribution in [0.5, 0.6) is 5.88 Å². The van der Waals surface area contributed by atoms with Gasteiger partial charge in [-0.3, -0.25) is 0 Å². The summed E-state index contributed by atoms with van der Waals surface area (Å²) in [5.41, 5.74) is 0. The molecule has 0 spiro atoms. The summed E-state index contributed by atoms with van der Waals surface area (Å²) in [5, 5.41) is 11.6. The fourth-order valence-electron chi connectivity index (χ4n) is 1.41. The van der Waals surface area contributed by atoms with Crippen LogP contribution in [0.2, 0.25) is 0 Å². The molecule has 2 aromatic heterocycles. The van der Waals surface area contributed by atoms with Crippen molar-refractivity contribution in [1.29, 1.82) is 0 Å². The van der Waals surface area contributed by atoms with Crippen molar-refractivity contribution in [1.82, 2.24) is 9.97 Å². The van der Waals surface area contributed by atoms with Crippen molar-refractivity contribution < 1.29 is 19.1 Å². The highest BCUT2D eigenvalue weighted by Crippen LogP contribution is 2.11. The maximum atomic E-state index is 10.6. The lowest BCUT2D eigenvalue weighted by atomic mass is 10.4. The van der Waals surface area contributed by atoms with Gasteiger partial charge >= 0.3 is 5.97 Å². The summed E-state index contributed by atoms with van der Waals surface area (Å²) in [6, 6.07) is 4.64. The van der Waals surface area contributed by atoms with Crippen molar-refractivity contribution in [3.05, 3.63) is 35.9 Å². The van der Waals surface area contributed by atoms with Gasteiger partial charge in [0.2, 0.25) is 17.6 Å². The molecule has 0 aliphatic rings. The van der Waals surface area contributed by atoms with E-state index in [9.17, 15) is 4.79 Å². The molecule has 0 saturated heterocycles. The summed E-state index contributed by atoms with van der Waals surface area (Å²) in [7, 11) is 0. The lowest BCUT2D eigenvalue weighted by molar-refractivity contribution is 0.0660. The van der Waals surface area contributed by atoms with E-state index in [0.29, 0.717) is 30.7 Å². The first-order valence-corrected chi connectivity index (χ1v) is 5.70. The van der Waals surface area contributed by atoms with Gasteiger partial charge in [0.25, 0.3) is 0 Å². The number of carboxylic acids is 1. The summed E-state index contributed by atoms with van der Waals surface area (Å²) >= 11 is 0. The molecule has 0 amide bonds. The van der Waals surface area contributed by atoms with Gasteiger partial charge < -0.3 is 19.6 Å². The molecule has 2 rings (SSSR count). The molecule has 19 heavy (non-hydrogen) atoms. The van der Waals surface area contributed by atoms with E-state index in [-0.39, 0.29) is 5.76 Å². The third-order valence-electron chi connectivity index (χ3n) is 2.22. The smallest absolute Gasteiger partial charge is 0.371 e. The molecule has 2 N–H and O–H groups in total. The molecular weight excluding hydrogens is 250 g/mol. The highest BCUT2D eigenvalue weighted by molar-refractivity contribution is 5.84. The van der Waals surface area contributed by atoms with Gasteiger partial charge in [-0.05, 0) is 19.1 Å². The fourth-order valence-corrected chi connectivity index (χ4v) is 1.41. The standard InChI is InChI=1S/C12H13N3O4/c1-2-18-10-5-6-13-12(15-10)14-7-8-3-4-9(19-8)11(16)17/h3-6H,2,7H2,1H3,(H,16,17)(H,13,14,15). The monoisotopic (exact) mass is 263 g/mol. The second-order valence-electron chi connectivity index (χ2n) is 3.58. The molecule has 0 fully saturated rings. The molecule has 0 saturated carbocycles. The molecule has 2 heterocycles. The Morgan fingerprint density at radius 2 is 2.32 bits per heavy atom. The lowest BCUT2D eigenvalue weighted by Gasteiger charge is -2.05. The SMILES string of the molecule is CCOc1ccnc(NCc2ccc(C(=O)O)o2)n1. The number of furan rings is 1. The normalized spacial score (nSPS) is 10.2. The third-order valence-corrected chi connectivity index (χ3v) is 2.22. The van der Waals surface area contributed by atoms with Crippen molar-refractivity contribution >= 4 is 11.9 Å². The Labute approximate surface area is 109 Å². The number of carboxylic acid groups (broad SMARTS) is 1. The maximum absolute atomic E-state index is 10.6. The minimum Gasteiger partial charge on any atom is -0.478 e. The maximum Gasteiger partial charge on any atom is 0.371 e. The number of aromatic carboxylic acids is 1. The largest absolute Gasteiger partial charge is 0.478 e. The van der Waals surface area contributed by atoms with Crippen LogP contribution >= 0.6 is 0 Å². The zero-order valence-corrected chi connectivity index (χ0v) is 10.3. The van der Waals surface area contributed by atoms with E-state index in [0.717, 1.165) is 0 Å². The van der Waals surface area contributed by atoms with E-state index in [1.54, 1.807) is 18.3 Å². The van der Waals surface area contributed by atoms with Gasteiger partial charge in [-0.15, -0.1) is 0 Å². The van der Waals surface area contributed by atoms with Crippen molar-refractivity contribution in [3.8, 4) is 5.88 Å². The second-order valence-corrected chi connectivity index (χ2v) is 3.58. The van der Waals surface area contributed by atoms with Crippen LogP contribution in [0.25, 0.3) is 0 Å². The van der Waals surface area contributed by atoms with Gasteiger partial charge in [0, 0.05) is 12.3 Å². The Kier molecular flexibility index (Phi) is 3.97. The van der Waals surface area contributed by atoms with Crippen LogP contribution in [-0.2, 0) is 6.54 Å². The first kappa shape index (κ1) is 12.9. The van der Waals surface area contributed by atoms with E-state index in [4.69, 9.17) is 14.3 Å². The molecule has 0 bridgehead atoms. The van der Waals surface area contributed by atoms with E-state index >= 15 is 0 Å². The van der Waals surface area contributed by atoms with E-state index in [2.05, 4.69) is 15.3 Å². The number of hydrogen-bond donors (Lipinski definition) is 2. The topological polar surface area (TPSA) is 97.5 Å². The van der Waals surface area contributed by atoms with Gasteiger partial charge in [-0.2, -0.15) is 4.98 Å². The minimum atomic E-state index is -1.10. The predicted molar refractivity (Wildman–Crippen MR) is 66.2 cm³/mol. The molecular formula is C12H13N3O4. The van der Waals surface area contributed by atoms with Crippen molar-refractivity contribution in [2.24, 2.45) is 0 Å². The number of hydrogen-bond acceptors (Lipinski definition) is 6. The van der Waals surface area contributed by atoms with Crippen LogP contribution in [-0.4, -0.2) is 27.7 Å². The van der Waals surface area contributed by atoms with Crippen LogP contribution < -0.4 is 10.1 Å². The summed E-state index contributed by atoms with van der Waals surface area (Å²) in [6.45, 7) is 2.69. The molecule has 0 aliphatic carbocycles.